The van der Waals surface area contributed by atoms with Crippen molar-refractivity contribution in [3.8, 4) is 16.6 Å². The maximum absolute atomic E-state index is 11.6. The van der Waals surface area contributed by atoms with Crippen molar-refractivity contribution < 1.29 is 4.79 Å². The van der Waals surface area contributed by atoms with E-state index in [-0.39, 0.29) is 12.3 Å². The fourth-order valence-electron chi connectivity index (χ4n) is 2.26. The molecule has 23 heavy (non-hydrogen) atoms. The van der Waals surface area contributed by atoms with Gasteiger partial charge in [0.15, 0.2) is 5.82 Å². The number of aryl methyl sites for hydroxylation is 1. The molecule has 2 aromatic heterocycles. The Kier molecular flexibility index (Phi) is 4.04. The van der Waals surface area contributed by atoms with Crippen molar-refractivity contribution in [2.75, 3.05) is 5.32 Å². The molecular weight excluding hydrogens is 312 g/mol. The number of nitrogens with zero attached hydrogens (tertiary/aromatic N) is 5. The van der Waals surface area contributed by atoms with E-state index >= 15 is 0 Å². The van der Waals surface area contributed by atoms with Gasteiger partial charge in [-0.1, -0.05) is 30.4 Å². The van der Waals surface area contributed by atoms with E-state index in [2.05, 4.69) is 20.6 Å². The monoisotopic (exact) mass is 326 g/mol. The van der Waals surface area contributed by atoms with Crippen LogP contribution >= 0.6 is 11.3 Å². The number of hydrogen-bond donors (Lipinski definition) is 1. The smallest absolute Gasteiger partial charge is 0.238 e. The minimum atomic E-state index is -0.320. The largest absolute Gasteiger partial charge is 0.325 e. The molecule has 0 aliphatic heterocycles. The maximum atomic E-state index is 11.6. The number of fused-ring (bicyclic) bond motifs is 1. The van der Waals surface area contributed by atoms with Gasteiger partial charge in [0.2, 0.25) is 10.9 Å². The first kappa shape index (κ1) is 15.1. The summed E-state index contributed by atoms with van der Waals surface area (Å²) in [4.78, 5) is 12.4. The van der Waals surface area contributed by atoms with Crippen molar-refractivity contribution >= 4 is 27.9 Å². The summed E-state index contributed by atoms with van der Waals surface area (Å²) >= 11 is 1.45. The molecule has 2 heterocycles. The molecule has 8 heteroatoms. The van der Waals surface area contributed by atoms with Crippen molar-refractivity contribution in [1.29, 1.82) is 5.26 Å². The molecule has 7 nitrogen and oxygen atoms in total. The maximum Gasteiger partial charge on any atom is 0.238 e. The summed E-state index contributed by atoms with van der Waals surface area (Å²) in [5, 5.41) is 24.9. The van der Waals surface area contributed by atoms with Crippen LogP contribution in [-0.4, -0.2) is 25.7 Å². The van der Waals surface area contributed by atoms with Crippen molar-refractivity contribution in [2.24, 2.45) is 0 Å². The molecule has 0 bridgehead atoms. The van der Waals surface area contributed by atoms with Gasteiger partial charge >= 0.3 is 0 Å². The number of amides is 1. The van der Waals surface area contributed by atoms with Crippen LogP contribution in [0.1, 0.15) is 24.7 Å². The molecule has 0 unspecified atom stereocenters. The zero-order chi connectivity index (χ0) is 16.4. The van der Waals surface area contributed by atoms with Gasteiger partial charge in [-0.05, 0) is 18.6 Å². The van der Waals surface area contributed by atoms with E-state index in [1.54, 1.807) is 4.52 Å². The summed E-state index contributed by atoms with van der Waals surface area (Å²) in [7, 11) is 0. The summed E-state index contributed by atoms with van der Waals surface area (Å²) in [6.07, 6.45) is 0.591. The summed E-state index contributed by atoms with van der Waals surface area (Å²) in [5.74, 6) is 0.498. The van der Waals surface area contributed by atoms with Crippen molar-refractivity contribution in [3.63, 3.8) is 0 Å². The molecule has 0 fully saturated rings. The molecule has 1 N–H and O–H groups in total. The zero-order valence-corrected chi connectivity index (χ0v) is 13.5. The number of benzene rings is 1. The number of nitriles is 1. The molecule has 0 atom stereocenters. The van der Waals surface area contributed by atoms with Crippen LogP contribution in [0.5, 0.6) is 0 Å². The number of hydrogen-bond acceptors (Lipinski definition) is 6. The van der Waals surface area contributed by atoms with Crippen LogP contribution < -0.4 is 5.32 Å². The third-order valence-electron chi connectivity index (χ3n) is 3.45. The van der Waals surface area contributed by atoms with Gasteiger partial charge in [0.05, 0.1) is 6.07 Å². The van der Waals surface area contributed by atoms with Crippen molar-refractivity contribution in [3.05, 3.63) is 29.6 Å². The Hall–Kier alpha value is -2.79. The molecule has 0 saturated heterocycles. The number of rotatable bonds is 4. The Morgan fingerprint density at radius 1 is 1.43 bits per heavy atom. The average Bonchev–Trinajstić information content (AvgIpc) is 3.09. The van der Waals surface area contributed by atoms with Gasteiger partial charge in [0.1, 0.15) is 11.4 Å². The first-order chi connectivity index (χ1) is 11.1. The van der Waals surface area contributed by atoms with E-state index < -0.39 is 0 Å². The SMILES string of the molecule is CCc1nnc2sc(-c3cccc(NC(=O)CC#N)c3C)nn12. The molecular formula is C15H14N6OS. The minimum absolute atomic E-state index is 0.166. The second kappa shape index (κ2) is 6.14. The Balaban J connectivity index is 2.00. The third kappa shape index (κ3) is 2.78. The van der Waals surface area contributed by atoms with Gasteiger partial charge < -0.3 is 5.32 Å². The fourth-order valence-corrected chi connectivity index (χ4v) is 3.20. The van der Waals surface area contributed by atoms with Crippen LogP contribution in [0.4, 0.5) is 5.69 Å². The zero-order valence-electron chi connectivity index (χ0n) is 12.7. The van der Waals surface area contributed by atoms with Gasteiger partial charge in [-0.25, -0.2) is 0 Å². The minimum Gasteiger partial charge on any atom is -0.325 e. The lowest BCUT2D eigenvalue weighted by atomic mass is 10.1. The first-order valence-electron chi connectivity index (χ1n) is 7.12. The van der Waals surface area contributed by atoms with Crippen molar-refractivity contribution in [2.45, 2.75) is 26.7 Å². The molecule has 0 radical (unpaired) electrons. The van der Waals surface area contributed by atoms with Crippen LogP contribution in [0.2, 0.25) is 0 Å². The summed E-state index contributed by atoms with van der Waals surface area (Å²) in [6, 6.07) is 7.46. The van der Waals surface area contributed by atoms with E-state index in [0.29, 0.717) is 5.69 Å². The van der Waals surface area contributed by atoms with Crippen LogP contribution in [0, 0.1) is 18.3 Å². The predicted molar refractivity (Wildman–Crippen MR) is 87.1 cm³/mol. The van der Waals surface area contributed by atoms with Crippen molar-refractivity contribution in [1.82, 2.24) is 19.8 Å². The molecule has 0 aliphatic rings. The second-order valence-electron chi connectivity index (χ2n) is 4.93. The van der Waals surface area contributed by atoms with Crippen LogP contribution in [-0.2, 0) is 11.2 Å². The van der Waals surface area contributed by atoms with Gasteiger partial charge in [-0.15, -0.1) is 10.2 Å². The first-order valence-corrected chi connectivity index (χ1v) is 7.93. The molecule has 0 aliphatic carbocycles. The Bertz CT molecular complexity index is 920. The van der Waals surface area contributed by atoms with Gasteiger partial charge in [0.25, 0.3) is 0 Å². The Morgan fingerprint density at radius 2 is 2.26 bits per heavy atom. The lowest BCUT2D eigenvalue weighted by Crippen LogP contribution is -2.11. The number of carbonyl (C=O) groups is 1. The van der Waals surface area contributed by atoms with E-state index in [0.717, 1.165) is 33.3 Å². The summed E-state index contributed by atoms with van der Waals surface area (Å²) in [6.45, 7) is 3.92. The van der Waals surface area contributed by atoms with Gasteiger partial charge in [-0.3, -0.25) is 4.79 Å². The summed E-state index contributed by atoms with van der Waals surface area (Å²) < 4.78 is 1.75. The number of carbonyl (C=O) groups excluding carboxylic acids is 1. The number of nitrogens with one attached hydrogen (secondary N) is 1. The average molecular weight is 326 g/mol. The molecule has 116 valence electrons. The van der Waals surface area contributed by atoms with E-state index in [1.165, 1.54) is 11.3 Å². The molecule has 3 aromatic rings. The normalized spacial score (nSPS) is 10.7. The highest BCUT2D eigenvalue weighted by molar-refractivity contribution is 7.19. The lowest BCUT2D eigenvalue weighted by molar-refractivity contribution is -0.115. The molecule has 0 spiro atoms. The molecule has 1 amide bonds. The quantitative estimate of drug-likeness (QED) is 0.795. The standard InChI is InChI=1S/C15H14N6OS/c1-3-12-18-19-15-21(12)20-14(23-15)10-5-4-6-11(9(10)2)17-13(22)7-8-16/h4-6H,3,7H2,1-2H3,(H,17,22). The third-order valence-corrected chi connectivity index (χ3v) is 4.38. The highest BCUT2D eigenvalue weighted by Crippen LogP contribution is 2.31. The Morgan fingerprint density at radius 3 is 3.00 bits per heavy atom. The van der Waals surface area contributed by atoms with E-state index in [1.807, 2.05) is 38.1 Å². The van der Waals surface area contributed by atoms with Crippen LogP contribution in [0.3, 0.4) is 0 Å². The summed E-state index contributed by atoms with van der Waals surface area (Å²) in [5.41, 5.74) is 2.52. The number of anilines is 1. The van der Waals surface area contributed by atoms with E-state index in [9.17, 15) is 4.79 Å². The highest BCUT2D eigenvalue weighted by Gasteiger charge is 2.15. The van der Waals surface area contributed by atoms with Gasteiger partial charge in [-0.2, -0.15) is 14.9 Å². The second-order valence-corrected chi connectivity index (χ2v) is 5.89. The van der Waals surface area contributed by atoms with E-state index in [4.69, 9.17) is 5.26 Å². The molecule has 0 saturated carbocycles. The topological polar surface area (TPSA) is 96.0 Å². The van der Waals surface area contributed by atoms with Gasteiger partial charge in [0, 0.05) is 17.7 Å². The lowest BCUT2D eigenvalue weighted by Gasteiger charge is -2.09. The Labute approximate surface area is 136 Å². The predicted octanol–water partition coefficient (Wildman–Crippen LogP) is 2.58. The van der Waals surface area contributed by atoms with Crippen LogP contribution in [0.15, 0.2) is 18.2 Å². The highest BCUT2D eigenvalue weighted by atomic mass is 32.1. The fraction of sp³-hybridized carbons (Fsp3) is 0.267. The molecule has 3 rings (SSSR count). The number of aromatic nitrogens is 4. The molecule has 1 aromatic carbocycles. The van der Waals surface area contributed by atoms with Crippen LogP contribution in [0.25, 0.3) is 15.5 Å².